The first-order valence-electron chi connectivity index (χ1n) is 10.2. The second-order valence-corrected chi connectivity index (χ2v) is 9.57. The number of morpholine rings is 1. The molecule has 3 heterocycles. The van der Waals surface area contributed by atoms with Crippen LogP contribution in [0.3, 0.4) is 0 Å². The number of thiazole rings is 2. The van der Waals surface area contributed by atoms with Crippen molar-refractivity contribution < 1.29 is 14.3 Å². The van der Waals surface area contributed by atoms with Gasteiger partial charge < -0.3 is 9.47 Å². The number of methoxy groups -OCH3 is 1. The van der Waals surface area contributed by atoms with E-state index in [-0.39, 0.29) is 18.1 Å². The molecule has 7 nitrogen and oxygen atoms in total. The molecule has 0 aliphatic carbocycles. The highest BCUT2D eigenvalue weighted by atomic mass is 32.1. The topological polar surface area (TPSA) is 76.6 Å². The van der Waals surface area contributed by atoms with E-state index in [0.29, 0.717) is 15.7 Å². The number of benzene rings is 1. The average molecular weight is 459 g/mol. The number of hydrogen-bond donors (Lipinski definition) is 1. The number of amides is 1. The van der Waals surface area contributed by atoms with E-state index in [1.165, 1.54) is 22.7 Å². The largest absolute Gasteiger partial charge is 0.497 e. The van der Waals surface area contributed by atoms with E-state index >= 15 is 0 Å². The summed E-state index contributed by atoms with van der Waals surface area (Å²) in [6, 6.07) is 7.66. The van der Waals surface area contributed by atoms with Crippen molar-refractivity contribution in [3.63, 3.8) is 0 Å². The Morgan fingerprint density at radius 1 is 1.23 bits per heavy atom. The zero-order valence-corrected chi connectivity index (χ0v) is 19.7. The Labute approximate surface area is 190 Å². The zero-order valence-electron chi connectivity index (χ0n) is 18.0. The van der Waals surface area contributed by atoms with Crippen LogP contribution in [0.1, 0.15) is 34.9 Å². The maximum absolute atomic E-state index is 12.8. The number of rotatable bonds is 6. The number of anilines is 1. The normalized spacial score (nSPS) is 19.4. The Hall–Kier alpha value is -2.33. The van der Waals surface area contributed by atoms with Crippen molar-refractivity contribution in [2.75, 3.05) is 25.5 Å². The Balaban J connectivity index is 1.41. The molecular formula is C22H26N4O3S2. The van der Waals surface area contributed by atoms with Gasteiger partial charge in [0.15, 0.2) is 5.13 Å². The summed E-state index contributed by atoms with van der Waals surface area (Å²) >= 11 is 2.83. The molecule has 3 aromatic rings. The first kappa shape index (κ1) is 21.9. The van der Waals surface area contributed by atoms with E-state index in [1.54, 1.807) is 7.11 Å². The minimum absolute atomic E-state index is 0.177. The third-order valence-corrected chi connectivity index (χ3v) is 7.00. The second kappa shape index (κ2) is 9.44. The fraction of sp³-hybridized carbons (Fsp3) is 0.409. The molecule has 0 saturated carbocycles. The molecule has 31 heavy (non-hydrogen) atoms. The van der Waals surface area contributed by atoms with Crippen LogP contribution in [0.25, 0.3) is 10.6 Å². The summed E-state index contributed by atoms with van der Waals surface area (Å²) in [5.41, 5.74) is 2.63. The summed E-state index contributed by atoms with van der Waals surface area (Å²) in [6.07, 6.45) is 0.437. The van der Waals surface area contributed by atoms with Crippen LogP contribution >= 0.6 is 22.7 Å². The highest BCUT2D eigenvalue weighted by molar-refractivity contribution is 7.17. The van der Waals surface area contributed by atoms with E-state index in [2.05, 4.69) is 34.0 Å². The number of carbonyl (C=O) groups is 1. The van der Waals surface area contributed by atoms with Crippen molar-refractivity contribution >= 4 is 33.7 Å². The van der Waals surface area contributed by atoms with Crippen molar-refractivity contribution in [3.8, 4) is 16.3 Å². The third kappa shape index (κ3) is 5.30. The van der Waals surface area contributed by atoms with E-state index < -0.39 is 0 Å². The summed E-state index contributed by atoms with van der Waals surface area (Å²) in [5, 5.41) is 6.35. The van der Waals surface area contributed by atoms with E-state index in [1.807, 2.05) is 36.6 Å². The summed E-state index contributed by atoms with van der Waals surface area (Å²) in [5.74, 6) is 0.611. The molecule has 1 aromatic carbocycles. The monoisotopic (exact) mass is 458 g/mol. The van der Waals surface area contributed by atoms with Gasteiger partial charge in [-0.3, -0.25) is 15.0 Å². The number of aryl methyl sites for hydroxylation is 1. The van der Waals surface area contributed by atoms with Crippen molar-refractivity contribution in [2.45, 2.75) is 39.5 Å². The molecule has 1 aliphatic heterocycles. The first-order chi connectivity index (χ1) is 14.9. The van der Waals surface area contributed by atoms with Gasteiger partial charge in [-0.1, -0.05) is 0 Å². The molecule has 1 amide bonds. The molecule has 0 spiro atoms. The highest BCUT2D eigenvalue weighted by Gasteiger charge is 2.23. The minimum atomic E-state index is -0.177. The smallest absolute Gasteiger partial charge is 0.269 e. The van der Waals surface area contributed by atoms with Gasteiger partial charge in [0.1, 0.15) is 15.6 Å². The van der Waals surface area contributed by atoms with E-state index in [4.69, 9.17) is 9.47 Å². The lowest BCUT2D eigenvalue weighted by Crippen LogP contribution is -2.44. The number of nitrogens with zero attached hydrogens (tertiary/aromatic N) is 3. The Morgan fingerprint density at radius 2 is 1.94 bits per heavy atom. The fourth-order valence-corrected chi connectivity index (χ4v) is 5.36. The second-order valence-electron chi connectivity index (χ2n) is 7.71. The average Bonchev–Trinajstić information content (AvgIpc) is 3.33. The summed E-state index contributed by atoms with van der Waals surface area (Å²) in [7, 11) is 1.64. The number of carbonyl (C=O) groups excluding carboxylic acids is 1. The van der Waals surface area contributed by atoms with Gasteiger partial charge in [0.05, 0.1) is 30.7 Å². The molecule has 1 fully saturated rings. The van der Waals surface area contributed by atoms with Crippen LogP contribution in [0.15, 0.2) is 29.6 Å². The van der Waals surface area contributed by atoms with Crippen LogP contribution in [0.5, 0.6) is 5.75 Å². The maximum atomic E-state index is 12.8. The Bertz CT molecular complexity index is 1040. The molecular weight excluding hydrogens is 432 g/mol. The van der Waals surface area contributed by atoms with Gasteiger partial charge >= 0.3 is 0 Å². The zero-order chi connectivity index (χ0) is 22.0. The molecule has 4 rings (SSSR count). The van der Waals surface area contributed by atoms with Crippen LogP contribution in [-0.4, -0.2) is 53.2 Å². The van der Waals surface area contributed by atoms with Crippen LogP contribution < -0.4 is 10.1 Å². The van der Waals surface area contributed by atoms with Crippen LogP contribution in [0, 0.1) is 6.92 Å². The van der Waals surface area contributed by atoms with Crippen molar-refractivity contribution in [3.05, 3.63) is 45.9 Å². The molecule has 0 radical (unpaired) electrons. The predicted octanol–water partition coefficient (Wildman–Crippen LogP) is 4.45. The molecule has 164 valence electrons. The molecule has 1 aliphatic rings. The van der Waals surface area contributed by atoms with Gasteiger partial charge in [0.2, 0.25) is 0 Å². The third-order valence-electron chi connectivity index (χ3n) is 4.99. The maximum Gasteiger partial charge on any atom is 0.269 e. The predicted molar refractivity (Wildman–Crippen MR) is 124 cm³/mol. The van der Waals surface area contributed by atoms with Crippen LogP contribution in [0.2, 0.25) is 0 Å². The van der Waals surface area contributed by atoms with E-state index in [0.717, 1.165) is 41.6 Å². The Kier molecular flexibility index (Phi) is 6.66. The number of hydrogen-bond acceptors (Lipinski definition) is 8. The lowest BCUT2D eigenvalue weighted by atomic mass is 10.2. The van der Waals surface area contributed by atoms with Gasteiger partial charge in [-0.15, -0.1) is 22.7 Å². The van der Waals surface area contributed by atoms with Crippen molar-refractivity contribution in [1.29, 1.82) is 0 Å². The molecule has 9 heteroatoms. The minimum Gasteiger partial charge on any atom is -0.497 e. The SMILES string of the molecule is COc1ccc(-c2nc(C)c(C(=O)Nc3nc(CN4C[C@@H](C)O[C@@H](C)C4)cs3)s2)cc1. The lowest BCUT2D eigenvalue weighted by Gasteiger charge is -2.34. The Morgan fingerprint density at radius 3 is 2.61 bits per heavy atom. The van der Waals surface area contributed by atoms with Gasteiger partial charge in [0.25, 0.3) is 5.91 Å². The number of ether oxygens (including phenoxy) is 2. The van der Waals surface area contributed by atoms with Crippen LogP contribution in [-0.2, 0) is 11.3 Å². The molecule has 2 atom stereocenters. The summed E-state index contributed by atoms with van der Waals surface area (Å²) < 4.78 is 11.0. The summed E-state index contributed by atoms with van der Waals surface area (Å²) in [4.78, 5) is 25.0. The van der Waals surface area contributed by atoms with Crippen LogP contribution in [0.4, 0.5) is 5.13 Å². The first-order valence-corrected chi connectivity index (χ1v) is 11.9. The highest BCUT2D eigenvalue weighted by Crippen LogP contribution is 2.30. The van der Waals surface area contributed by atoms with Gasteiger partial charge in [0, 0.05) is 30.6 Å². The summed E-state index contributed by atoms with van der Waals surface area (Å²) in [6.45, 7) is 8.56. The van der Waals surface area contributed by atoms with Gasteiger partial charge in [-0.25, -0.2) is 9.97 Å². The molecule has 0 unspecified atom stereocenters. The number of nitrogens with one attached hydrogen (secondary N) is 1. The van der Waals surface area contributed by atoms with Crippen molar-refractivity contribution in [1.82, 2.24) is 14.9 Å². The van der Waals surface area contributed by atoms with E-state index in [9.17, 15) is 4.79 Å². The molecule has 0 bridgehead atoms. The molecule has 2 aromatic heterocycles. The van der Waals surface area contributed by atoms with Gasteiger partial charge in [-0.05, 0) is 45.0 Å². The standard InChI is InChI=1S/C22H26N4O3S2/c1-13-9-26(10-14(2)29-13)11-17-12-30-22(24-17)25-20(27)19-15(3)23-21(31-19)16-5-7-18(28-4)8-6-16/h5-8,12-14H,9-11H2,1-4H3,(H,24,25,27)/t13-,14+. The van der Waals surface area contributed by atoms with Crippen molar-refractivity contribution in [2.24, 2.45) is 0 Å². The quantitative estimate of drug-likeness (QED) is 0.588. The van der Waals surface area contributed by atoms with Gasteiger partial charge in [-0.2, -0.15) is 0 Å². The molecule has 1 saturated heterocycles. The number of aromatic nitrogens is 2. The fourth-order valence-electron chi connectivity index (χ4n) is 3.70. The lowest BCUT2D eigenvalue weighted by molar-refractivity contribution is -0.0707. The molecule has 1 N–H and O–H groups in total.